The molecule has 0 bridgehead atoms. The normalized spacial score (nSPS) is 12.2. The summed E-state index contributed by atoms with van der Waals surface area (Å²) in [6.45, 7) is 2.63. The molecule has 0 saturated carbocycles. The number of aliphatic hydroxyl groups excluding tert-OH is 1. The predicted molar refractivity (Wildman–Crippen MR) is 78.7 cm³/mol. The third kappa shape index (κ3) is 4.90. The number of halogens is 2. The Morgan fingerprint density at radius 2 is 2.16 bits per heavy atom. The van der Waals surface area contributed by atoms with Crippen LogP contribution in [0.4, 0.5) is 5.69 Å². The van der Waals surface area contributed by atoms with Gasteiger partial charge in [0.1, 0.15) is 0 Å². The van der Waals surface area contributed by atoms with Crippen molar-refractivity contribution in [2.24, 2.45) is 5.92 Å². The molecule has 1 atom stereocenters. The third-order valence-corrected chi connectivity index (χ3v) is 3.57. The number of nitrogens with two attached hydrogens (primary N) is 1. The molecule has 4 N–H and O–H groups in total. The van der Waals surface area contributed by atoms with Crippen LogP contribution < -0.4 is 11.1 Å². The molecule has 0 spiro atoms. The van der Waals surface area contributed by atoms with Crippen LogP contribution in [0.15, 0.2) is 12.1 Å². The van der Waals surface area contributed by atoms with Gasteiger partial charge >= 0.3 is 0 Å². The van der Waals surface area contributed by atoms with Gasteiger partial charge < -0.3 is 16.2 Å². The highest BCUT2D eigenvalue weighted by Crippen LogP contribution is 2.28. The summed E-state index contributed by atoms with van der Waals surface area (Å²) in [5.74, 6) is -0.0573. The molecule has 1 unspecified atom stereocenters. The molecule has 106 valence electrons. The Labute approximate surface area is 122 Å². The Balaban J connectivity index is 2.55. The van der Waals surface area contributed by atoms with Gasteiger partial charge in [-0.1, -0.05) is 30.1 Å². The summed E-state index contributed by atoms with van der Waals surface area (Å²) in [5, 5.41) is 12.1. The second-order valence-electron chi connectivity index (χ2n) is 4.55. The van der Waals surface area contributed by atoms with Crippen molar-refractivity contribution in [1.82, 2.24) is 5.32 Å². The molecule has 0 aliphatic heterocycles. The summed E-state index contributed by atoms with van der Waals surface area (Å²) in [4.78, 5) is 11.9. The molecule has 1 aromatic carbocycles. The molecule has 6 heteroatoms. The molecule has 0 radical (unpaired) electrons. The lowest BCUT2D eigenvalue weighted by Gasteiger charge is -2.10. The minimum Gasteiger partial charge on any atom is -0.399 e. The zero-order valence-electron chi connectivity index (χ0n) is 10.7. The van der Waals surface area contributed by atoms with Crippen LogP contribution in [0.5, 0.6) is 0 Å². The number of carbonyl (C=O) groups excluding carboxylic acids is 1. The van der Waals surface area contributed by atoms with Gasteiger partial charge in [-0.2, -0.15) is 0 Å². The van der Waals surface area contributed by atoms with Crippen LogP contribution in [0.25, 0.3) is 0 Å². The number of carbonyl (C=O) groups is 1. The van der Waals surface area contributed by atoms with Gasteiger partial charge in [0.05, 0.1) is 15.6 Å². The molecule has 0 saturated heterocycles. The average Bonchev–Trinajstić information content (AvgIpc) is 2.38. The third-order valence-electron chi connectivity index (χ3n) is 2.77. The van der Waals surface area contributed by atoms with Gasteiger partial charge in [0, 0.05) is 18.8 Å². The van der Waals surface area contributed by atoms with E-state index in [1.807, 2.05) is 6.92 Å². The molecule has 19 heavy (non-hydrogen) atoms. The maximum absolute atomic E-state index is 11.9. The summed E-state index contributed by atoms with van der Waals surface area (Å²) in [6.07, 6.45) is 1.64. The molecule has 1 aromatic rings. The number of benzene rings is 1. The monoisotopic (exact) mass is 304 g/mol. The van der Waals surface area contributed by atoms with Gasteiger partial charge in [0.25, 0.3) is 5.91 Å². The van der Waals surface area contributed by atoms with Gasteiger partial charge in [-0.05, 0) is 30.9 Å². The molecule has 0 aromatic heterocycles. The largest absolute Gasteiger partial charge is 0.399 e. The molecule has 1 rings (SSSR count). The number of hydrogen-bond donors (Lipinski definition) is 3. The summed E-state index contributed by atoms with van der Waals surface area (Å²) in [7, 11) is 0. The second kappa shape index (κ2) is 7.58. The predicted octanol–water partition coefficient (Wildman–Crippen LogP) is 2.71. The van der Waals surface area contributed by atoms with Crippen molar-refractivity contribution in [2.75, 3.05) is 18.9 Å². The molecule has 0 aliphatic carbocycles. The molecular weight excluding hydrogens is 287 g/mol. The number of amides is 1. The lowest BCUT2D eigenvalue weighted by Crippen LogP contribution is -2.25. The Morgan fingerprint density at radius 3 is 2.79 bits per heavy atom. The summed E-state index contributed by atoms with van der Waals surface area (Å²) in [6, 6.07) is 3.00. The van der Waals surface area contributed by atoms with Gasteiger partial charge in [-0.25, -0.2) is 0 Å². The van der Waals surface area contributed by atoms with Crippen molar-refractivity contribution < 1.29 is 9.90 Å². The first-order valence-electron chi connectivity index (χ1n) is 6.09. The standard InChI is InChI=1S/C13H18Cl2N2O2/c1-8(7-18)3-2-4-17-13(19)10-5-9(16)6-11(14)12(10)15/h5-6,8,18H,2-4,7,16H2,1H3,(H,17,19). The second-order valence-corrected chi connectivity index (χ2v) is 5.34. The van der Waals surface area contributed by atoms with Crippen molar-refractivity contribution in [1.29, 1.82) is 0 Å². The van der Waals surface area contributed by atoms with E-state index in [-0.39, 0.29) is 34.0 Å². The van der Waals surface area contributed by atoms with Crippen molar-refractivity contribution in [3.63, 3.8) is 0 Å². The SMILES string of the molecule is CC(CO)CCCNC(=O)c1cc(N)cc(Cl)c1Cl. The average molecular weight is 305 g/mol. The fourth-order valence-electron chi connectivity index (χ4n) is 1.61. The number of nitrogens with one attached hydrogen (secondary N) is 1. The number of aliphatic hydroxyl groups is 1. The van der Waals surface area contributed by atoms with Crippen molar-refractivity contribution in [2.45, 2.75) is 19.8 Å². The number of rotatable bonds is 6. The van der Waals surface area contributed by atoms with Crippen LogP contribution in [0, 0.1) is 5.92 Å². The number of hydrogen-bond acceptors (Lipinski definition) is 3. The van der Waals surface area contributed by atoms with E-state index in [1.165, 1.54) is 12.1 Å². The lowest BCUT2D eigenvalue weighted by atomic mass is 10.1. The first-order valence-corrected chi connectivity index (χ1v) is 6.85. The Morgan fingerprint density at radius 1 is 1.47 bits per heavy atom. The van der Waals surface area contributed by atoms with E-state index in [4.69, 9.17) is 34.0 Å². The van der Waals surface area contributed by atoms with Gasteiger partial charge in [0.15, 0.2) is 0 Å². The van der Waals surface area contributed by atoms with E-state index in [1.54, 1.807) is 0 Å². The first kappa shape index (κ1) is 16.1. The zero-order valence-corrected chi connectivity index (χ0v) is 12.3. The molecule has 4 nitrogen and oxygen atoms in total. The van der Waals surface area contributed by atoms with Crippen LogP contribution >= 0.6 is 23.2 Å². The fraction of sp³-hybridized carbons (Fsp3) is 0.462. The topological polar surface area (TPSA) is 75.3 Å². The van der Waals surface area contributed by atoms with E-state index in [2.05, 4.69) is 5.32 Å². The fourth-order valence-corrected chi connectivity index (χ4v) is 2.04. The molecular formula is C13H18Cl2N2O2. The maximum Gasteiger partial charge on any atom is 0.252 e. The number of nitrogen functional groups attached to an aromatic ring is 1. The summed E-state index contributed by atoms with van der Waals surface area (Å²) < 4.78 is 0. The minimum atomic E-state index is -0.296. The summed E-state index contributed by atoms with van der Waals surface area (Å²) in [5.41, 5.74) is 6.30. The van der Waals surface area contributed by atoms with E-state index in [9.17, 15) is 4.79 Å². The molecule has 1 amide bonds. The minimum absolute atomic E-state index is 0.157. The smallest absolute Gasteiger partial charge is 0.252 e. The van der Waals surface area contributed by atoms with Crippen molar-refractivity contribution >= 4 is 34.8 Å². The first-order chi connectivity index (χ1) is 8.95. The van der Waals surface area contributed by atoms with E-state index in [0.29, 0.717) is 12.2 Å². The van der Waals surface area contributed by atoms with E-state index < -0.39 is 0 Å². The van der Waals surface area contributed by atoms with E-state index in [0.717, 1.165) is 12.8 Å². The van der Waals surface area contributed by atoms with Crippen LogP contribution in [0.3, 0.4) is 0 Å². The van der Waals surface area contributed by atoms with Gasteiger partial charge in [-0.15, -0.1) is 0 Å². The van der Waals surface area contributed by atoms with Crippen LogP contribution in [-0.2, 0) is 0 Å². The van der Waals surface area contributed by atoms with Crippen LogP contribution in [0.2, 0.25) is 10.0 Å². The highest BCUT2D eigenvalue weighted by Gasteiger charge is 2.13. The molecule has 0 heterocycles. The lowest BCUT2D eigenvalue weighted by molar-refractivity contribution is 0.0952. The van der Waals surface area contributed by atoms with Crippen LogP contribution in [0.1, 0.15) is 30.1 Å². The molecule has 0 aliphatic rings. The Hall–Kier alpha value is -0.970. The Kier molecular flexibility index (Phi) is 6.42. The highest BCUT2D eigenvalue weighted by molar-refractivity contribution is 6.44. The zero-order chi connectivity index (χ0) is 14.4. The maximum atomic E-state index is 11.9. The van der Waals surface area contributed by atoms with Crippen molar-refractivity contribution in [3.8, 4) is 0 Å². The van der Waals surface area contributed by atoms with Gasteiger partial charge in [0.2, 0.25) is 0 Å². The highest BCUT2D eigenvalue weighted by atomic mass is 35.5. The summed E-state index contributed by atoms with van der Waals surface area (Å²) >= 11 is 11.8. The van der Waals surface area contributed by atoms with Gasteiger partial charge in [-0.3, -0.25) is 4.79 Å². The number of anilines is 1. The molecule has 0 fully saturated rings. The van der Waals surface area contributed by atoms with Crippen molar-refractivity contribution in [3.05, 3.63) is 27.7 Å². The quantitative estimate of drug-likeness (QED) is 0.559. The van der Waals surface area contributed by atoms with Crippen LogP contribution in [-0.4, -0.2) is 24.2 Å². The Bertz CT molecular complexity index is 453. The van der Waals surface area contributed by atoms with E-state index >= 15 is 0 Å².